The first kappa shape index (κ1) is 19.9. The van der Waals surface area contributed by atoms with E-state index in [9.17, 15) is 19.5 Å². The number of carbonyl (C=O) groups is 3. The van der Waals surface area contributed by atoms with E-state index in [-0.39, 0.29) is 12.3 Å². The van der Waals surface area contributed by atoms with Gasteiger partial charge in [0, 0.05) is 25.1 Å². The molecule has 2 aromatic rings. The van der Waals surface area contributed by atoms with Crippen LogP contribution in [0.25, 0.3) is 0 Å². The molecule has 2 amide bonds. The average molecular weight is 401 g/mol. The van der Waals surface area contributed by atoms with Crippen LogP contribution in [0.4, 0.5) is 11.4 Å². The largest absolute Gasteiger partial charge is 0.481 e. The molecule has 1 atom stereocenters. The van der Waals surface area contributed by atoms with Gasteiger partial charge in [-0.1, -0.05) is 41.9 Å². The number of carbonyl (C=O) groups excluding carboxylic acids is 2. The zero-order valence-corrected chi connectivity index (χ0v) is 16.2. The van der Waals surface area contributed by atoms with E-state index in [0.717, 1.165) is 6.42 Å². The summed E-state index contributed by atoms with van der Waals surface area (Å²) in [6.07, 6.45) is 1.07. The molecule has 0 saturated carbocycles. The predicted molar refractivity (Wildman–Crippen MR) is 108 cm³/mol. The summed E-state index contributed by atoms with van der Waals surface area (Å²) in [4.78, 5) is 37.9. The molecule has 1 aliphatic heterocycles. The standard InChI is InChI=1S/C21H21ClN2O4/c1-21(20(27)28,14-6-3-2-4-7-14)13-18(25)23-15-9-10-17(16(22)12-15)24-11-5-8-19(24)26/h2-4,6-7,9-10,12H,5,8,11,13H2,1H3,(H,23,25)(H,27,28)/t21-/m0/s1. The number of anilines is 2. The normalized spacial score (nSPS) is 15.9. The average Bonchev–Trinajstić information content (AvgIpc) is 3.08. The molecule has 7 heteroatoms. The molecule has 6 nitrogen and oxygen atoms in total. The van der Waals surface area contributed by atoms with Gasteiger partial charge in [-0.3, -0.25) is 14.4 Å². The van der Waals surface area contributed by atoms with Crippen molar-refractivity contribution in [3.63, 3.8) is 0 Å². The third-order valence-electron chi connectivity index (χ3n) is 4.99. The first-order valence-electron chi connectivity index (χ1n) is 9.00. The van der Waals surface area contributed by atoms with E-state index in [1.54, 1.807) is 53.4 Å². The number of nitrogens with one attached hydrogen (secondary N) is 1. The van der Waals surface area contributed by atoms with Crippen LogP contribution in [-0.4, -0.2) is 29.4 Å². The van der Waals surface area contributed by atoms with Crippen molar-refractivity contribution in [2.45, 2.75) is 31.6 Å². The summed E-state index contributed by atoms with van der Waals surface area (Å²) in [6, 6.07) is 13.6. The highest BCUT2D eigenvalue weighted by atomic mass is 35.5. The molecule has 0 bridgehead atoms. The highest BCUT2D eigenvalue weighted by Gasteiger charge is 2.37. The Morgan fingerprint density at radius 3 is 2.50 bits per heavy atom. The number of hydrogen-bond donors (Lipinski definition) is 2. The lowest BCUT2D eigenvalue weighted by atomic mass is 9.79. The van der Waals surface area contributed by atoms with E-state index in [2.05, 4.69) is 5.32 Å². The van der Waals surface area contributed by atoms with Gasteiger partial charge in [0.2, 0.25) is 11.8 Å². The van der Waals surface area contributed by atoms with Crippen LogP contribution in [0.2, 0.25) is 5.02 Å². The van der Waals surface area contributed by atoms with Crippen LogP contribution >= 0.6 is 11.6 Å². The maximum absolute atomic E-state index is 12.5. The number of nitrogens with zero attached hydrogens (tertiary/aromatic N) is 1. The van der Waals surface area contributed by atoms with Gasteiger partial charge in [-0.05, 0) is 37.1 Å². The van der Waals surface area contributed by atoms with Gasteiger partial charge in [-0.25, -0.2) is 0 Å². The Bertz CT molecular complexity index is 916. The molecule has 2 aromatic carbocycles. The van der Waals surface area contributed by atoms with Crippen LogP contribution in [0.1, 0.15) is 31.7 Å². The van der Waals surface area contributed by atoms with Crippen molar-refractivity contribution < 1.29 is 19.5 Å². The molecular formula is C21H21ClN2O4. The predicted octanol–water partition coefficient (Wildman–Crippen LogP) is 3.84. The van der Waals surface area contributed by atoms with Crippen molar-refractivity contribution in [2.24, 2.45) is 0 Å². The number of hydrogen-bond acceptors (Lipinski definition) is 3. The number of aliphatic carboxylic acids is 1. The Labute approximate surface area is 168 Å². The lowest BCUT2D eigenvalue weighted by Gasteiger charge is -2.25. The number of carboxylic acid groups (broad SMARTS) is 1. The maximum atomic E-state index is 12.5. The number of carboxylic acids is 1. The molecule has 1 heterocycles. The Kier molecular flexibility index (Phi) is 5.70. The summed E-state index contributed by atoms with van der Waals surface area (Å²) in [5.41, 5.74) is 0.267. The molecule has 0 spiro atoms. The summed E-state index contributed by atoms with van der Waals surface area (Å²) >= 11 is 6.30. The van der Waals surface area contributed by atoms with Crippen molar-refractivity contribution in [3.05, 3.63) is 59.1 Å². The van der Waals surface area contributed by atoms with Crippen LogP contribution in [-0.2, 0) is 19.8 Å². The second-order valence-electron chi connectivity index (χ2n) is 7.04. The Balaban J connectivity index is 1.74. The first-order valence-corrected chi connectivity index (χ1v) is 9.38. The van der Waals surface area contributed by atoms with Gasteiger partial charge in [0.1, 0.15) is 0 Å². The summed E-state index contributed by atoms with van der Waals surface area (Å²) in [5, 5.41) is 12.7. The molecule has 3 rings (SSSR count). The summed E-state index contributed by atoms with van der Waals surface area (Å²) in [6.45, 7) is 2.15. The molecule has 1 fully saturated rings. The number of halogens is 1. The van der Waals surface area contributed by atoms with Gasteiger partial charge in [0.05, 0.1) is 16.1 Å². The number of benzene rings is 2. The molecule has 0 unspecified atom stereocenters. The maximum Gasteiger partial charge on any atom is 0.314 e. The topological polar surface area (TPSA) is 86.7 Å². The smallest absolute Gasteiger partial charge is 0.314 e. The summed E-state index contributed by atoms with van der Waals surface area (Å²) < 4.78 is 0. The fourth-order valence-corrected chi connectivity index (χ4v) is 3.62. The molecule has 2 N–H and O–H groups in total. The Hall–Kier alpha value is -2.86. The van der Waals surface area contributed by atoms with E-state index in [0.29, 0.717) is 34.9 Å². The molecule has 0 aliphatic carbocycles. The number of amides is 2. The summed E-state index contributed by atoms with van der Waals surface area (Å²) in [7, 11) is 0. The molecular weight excluding hydrogens is 380 g/mol. The summed E-state index contributed by atoms with van der Waals surface area (Å²) in [5.74, 6) is -1.48. The second-order valence-corrected chi connectivity index (χ2v) is 7.45. The molecule has 0 aromatic heterocycles. The van der Waals surface area contributed by atoms with Crippen molar-refractivity contribution in [1.29, 1.82) is 0 Å². The van der Waals surface area contributed by atoms with E-state index in [1.807, 2.05) is 0 Å². The zero-order chi connectivity index (χ0) is 20.3. The van der Waals surface area contributed by atoms with Gasteiger partial charge < -0.3 is 15.3 Å². The highest BCUT2D eigenvalue weighted by molar-refractivity contribution is 6.34. The van der Waals surface area contributed by atoms with E-state index >= 15 is 0 Å². The minimum Gasteiger partial charge on any atom is -0.481 e. The van der Waals surface area contributed by atoms with Crippen LogP contribution in [0, 0.1) is 0 Å². The molecule has 1 saturated heterocycles. The fourth-order valence-electron chi connectivity index (χ4n) is 3.34. The van der Waals surface area contributed by atoms with Crippen LogP contribution in [0.3, 0.4) is 0 Å². The van der Waals surface area contributed by atoms with Crippen LogP contribution in [0.15, 0.2) is 48.5 Å². The van der Waals surface area contributed by atoms with Gasteiger partial charge in [-0.15, -0.1) is 0 Å². The van der Waals surface area contributed by atoms with Gasteiger partial charge in [0.25, 0.3) is 0 Å². The Morgan fingerprint density at radius 2 is 1.93 bits per heavy atom. The third kappa shape index (κ3) is 4.02. The highest BCUT2D eigenvalue weighted by Crippen LogP contribution is 2.33. The van der Waals surface area contributed by atoms with Crippen molar-refractivity contribution in [1.82, 2.24) is 0 Å². The number of rotatable bonds is 6. The van der Waals surface area contributed by atoms with Crippen LogP contribution < -0.4 is 10.2 Å². The first-order chi connectivity index (χ1) is 13.3. The van der Waals surface area contributed by atoms with E-state index in [4.69, 9.17) is 11.6 Å². The lowest BCUT2D eigenvalue weighted by Crippen LogP contribution is -2.36. The zero-order valence-electron chi connectivity index (χ0n) is 15.4. The molecule has 0 radical (unpaired) electrons. The van der Waals surface area contributed by atoms with Crippen molar-refractivity contribution >= 4 is 40.8 Å². The lowest BCUT2D eigenvalue weighted by molar-refractivity contribution is -0.145. The van der Waals surface area contributed by atoms with Crippen molar-refractivity contribution in [2.75, 3.05) is 16.8 Å². The van der Waals surface area contributed by atoms with Gasteiger partial charge in [0.15, 0.2) is 0 Å². The molecule has 1 aliphatic rings. The second kappa shape index (κ2) is 8.02. The SMILES string of the molecule is C[C@@](CC(=O)Nc1ccc(N2CCCC2=O)c(Cl)c1)(C(=O)O)c1ccccc1. The monoisotopic (exact) mass is 400 g/mol. The minimum atomic E-state index is -1.35. The van der Waals surface area contributed by atoms with Gasteiger partial charge >= 0.3 is 5.97 Å². The van der Waals surface area contributed by atoms with E-state index < -0.39 is 17.3 Å². The quantitative estimate of drug-likeness (QED) is 0.771. The third-order valence-corrected chi connectivity index (χ3v) is 5.30. The molecule has 146 valence electrons. The van der Waals surface area contributed by atoms with E-state index in [1.165, 1.54) is 6.92 Å². The molecule has 28 heavy (non-hydrogen) atoms. The van der Waals surface area contributed by atoms with Gasteiger partial charge in [-0.2, -0.15) is 0 Å². The van der Waals surface area contributed by atoms with Crippen molar-refractivity contribution in [3.8, 4) is 0 Å². The fraction of sp³-hybridized carbons (Fsp3) is 0.286. The Morgan fingerprint density at radius 1 is 1.21 bits per heavy atom. The minimum absolute atomic E-state index is 0.0266. The van der Waals surface area contributed by atoms with Crippen LogP contribution in [0.5, 0.6) is 0 Å².